The van der Waals surface area contributed by atoms with E-state index in [-0.39, 0.29) is 0 Å². The number of pyridine rings is 1. The van der Waals surface area contributed by atoms with Gasteiger partial charge in [0.25, 0.3) is 0 Å². The van der Waals surface area contributed by atoms with Crippen molar-refractivity contribution in [1.29, 1.82) is 0 Å². The molecule has 1 aliphatic heterocycles. The fraction of sp³-hybridized carbons (Fsp3) is 0.0755. The van der Waals surface area contributed by atoms with Crippen molar-refractivity contribution in [2.24, 2.45) is 10.9 Å². The van der Waals surface area contributed by atoms with E-state index in [0.717, 1.165) is 85.7 Å². The van der Waals surface area contributed by atoms with Crippen LogP contribution in [-0.4, -0.2) is 25.6 Å². The van der Waals surface area contributed by atoms with Crippen LogP contribution in [0.4, 0.5) is 5.69 Å². The highest BCUT2D eigenvalue weighted by molar-refractivity contribution is 6.06. The summed E-state index contributed by atoms with van der Waals surface area (Å²) < 4.78 is 0. The highest BCUT2D eigenvalue weighted by Crippen LogP contribution is 2.42. The molecule has 1 aliphatic carbocycles. The van der Waals surface area contributed by atoms with Gasteiger partial charge in [-0.05, 0) is 82.3 Å². The molecule has 2 aliphatic rings. The summed E-state index contributed by atoms with van der Waals surface area (Å²) in [5.74, 6) is 2.29. The molecule has 1 unspecified atom stereocenters. The van der Waals surface area contributed by atoms with E-state index in [4.69, 9.17) is 24.9 Å². The third kappa shape index (κ3) is 6.27. The van der Waals surface area contributed by atoms with Crippen molar-refractivity contribution in [3.63, 3.8) is 0 Å². The van der Waals surface area contributed by atoms with Crippen molar-refractivity contribution >= 4 is 43.8 Å². The second-order valence-electron chi connectivity index (χ2n) is 15.2. The first kappa shape index (κ1) is 33.9. The van der Waals surface area contributed by atoms with E-state index in [9.17, 15) is 0 Å². The van der Waals surface area contributed by atoms with Gasteiger partial charge in [0, 0.05) is 44.8 Å². The normalized spacial score (nSPS) is 15.9. The molecule has 0 fully saturated rings. The Hall–Kier alpha value is -7.37. The molecule has 0 saturated carbocycles. The zero-order valence-corrected chi connectivity index (χ0v) is 31.8. The summed E-state index contributed by atoms with van der Waals surface area (Å²) in [5.41, 5.74) is 11.6. The van der Waals surface area contributed by atoms with Crippen molar-refractivity contribution in [2.45, 2.75) is 19.3 Å². The predicted molar refractivity (Wildman–Crippen MR) is 239 cm³/mol. The van der Waals surface area contributed by atoms with Crippen molar-refractivity contribution in [3.05, 3.63) is 188 Å². The van der Waals surface area contributed by atoms with E-state index in [2.05, 4.69) is 182 Å². The lowest BCUT2D eigenvalue weighted by atomic mass is 9.83. The molecule has 9 aromatic rings. The Balaban J connectivity index is 0.980. The summed E-state index contributed by atoms with van der Waals surface area (Å²) in [7, 11) is 0. The summed E-state index contributed by atoms with van der Waals surface area (Å²) >= 11 is 0. The number of hydrogen-bond donors (Lipinski definition) is 0. The molecule has 5 heteroatoms. The third-order valence-electron chi connectivity index (χ3n) is 11.5. The van der Waals surface area contributed by atoms with Crippen LogP contribution in [-0.2, 0) is 6.42 Å². The molecule has 3 heterocycles. The molecule has 1 atom stereocenters. The van der Waals surface area contributed by atoms with E-state index >= 15 is 0 Å². The van der Waals surface area contributed by atoms with Crippen LogP contribution in [0.15, 0.2) is 187 Å². The van der Waals surface area contributed by atoms with E-state index in [1.54, 1.807) is 0 Å². The number of benzene rings is 7. The average molecular weight is 744 g/mol. The number of aliphatic imine (C=N–C) groups is 1. The second kappa shape index (κ2) is 14.3. The number of allylic oxidation sites excluding steroid dienone is 4. The maximum absolute atomic E-state index is 5.32. The van der Waals surface area contributed by atoms with Gasteiger partial charge >= 0.3 is 0 Å². The van der Waals surface area contributed by atoms with Crippen molar-refractivity contribution in [1.82, 2.24) is 19.9 Å². The lowest BCUT2D eigenvalue weighted by Gasteiger charge is -2.26. The van der Waals surface area contributed by atoms with Gasteiger partial charge in [0.15, 0.2) is 17.5 Å². The van der Waals surface area contributed by atoms with Gasteiger partial charge in [-0.25, -0.2) is 19.9 Å². The number of hydrogen-bond acceptors (Lipinski definition) is 5. The Morgan fingerprint density at radius 2 is 1.05 bits per heavy atom. The van der Waals surface area contributed by atoms with Crippen molar-refractivity contribution in [2.75, 3.05) is 0 Å². The van der Waals surface area contributed by atoms with Crippen LogP contribution in [0.5, 0.6) is 0 Å². The molecule has 0 N–H and O–H groups in total. The number of rotatable bonds is 5. The maximum atomic E-state index is 5.32. The molecule has 0 radical (unpaired) electrons. The first-order valence-electron chi connectivity index (χ1n) is 20.0. The lowest BCUT2D eigenvalue weighted by molar-refractivity contribution is 0.624. The van der Waals surface area contributed by atoms with Gasteiger partial charge in [-0.1, -0.05) is 152 Å². The first-order chi connectivity index (χ1) is 28.7. The van der Waals surface area contributed by atoms with Crippen LogP contribution in [0, 0.1) is 5.92 Å². The molecule has 58 heavy (non-hydrogen) atoms. The van der Waals surface area contributed by atoms with Gasteiger partial charge in [-0.15, -0.1) is 0 Å². The van der Waals surface area contributed by atoms with Crippen LogP contribution in [0.25, 0.3) is 89.0 Å². The average Bonchev–Trinajstić information content (AvgIpc) is 3.28. The van der Waals surface area contributed by atoms with Gasteiger partial charge < -0.3 is 0 Å². The zero-order chi connectivity index (χ0) is 38.4. The van der Waals surface area contributed by atoms with Crippen LogP contribution in [0.3, 0.4) is 0 Å². The molecule has 11 rings (SSSR count). The zero-order valence-electron chi connectivity index (χ0n) is 31.8. The quantitative estimate of drug-likeness (QED) is 0.176. The molecule has 2 aromatic heterocycles. The minimum Gasteiger partial charge on any atom is -0.252 e. The Labute approximate surface area is 336 Å². The fourth-order valence-electron chi connectivity index (χ4n) is 8.49. The van der Waals surface area contributed by atoms with Gasteiger partial charge in [0.1, 0.15) is 0 Å². The third-order valence-corrected chi connectivity index (χ3v) is 11.5. The predicted octanol–water partition coefficient (Wildman–Crippen LogP) is 13.2. The van der Waals surface area contributed by atoms with Crippen molar-refractivity contribution < 1.29 is 0 Å². The number of para-hydroxylation sites is 1. The second-order valence-corrected chi connectivity index (χ2v) is 15.2. The highest BCUT2D eigenvalue weighted by atomic mass is 15.0. The molecule has 5 nitrogen and oxygen atoms in total. The minimum absolute atomic E-state index is 0.366. The summed E-state index contributed by atoms with van der Waals surface area (Å²) in [6, 6.07) is 55.3. The van der Waals surface area contributed by atoms with Gasteiger partial charge in [-0.3, -0.25) is 4.99 Å². The number of aromatic nitrogens is 4. The first-order valence-corrected chi connectivity index (χ1v) is 20.0. The van der Waals surface area contributed by atoms with Crippen LogP contribution >= 0.6 is 0 Å². The van der Waals surface area contributed by atoms with E-state index in [0.29, 0.717) is 23.4 Å². The Kier molecular flexibility index (Phi) is 8.36. The number of nitrogens with zero attached hydrogens (tertiary/aromatic N) is 5. The maximum Gasteiger partial charge on any atom is 0.164 e. The lowest BCUT2D eigenvalue weighted by Crippen LogP contribution is -2.20. The van der Waals surface area contributed by atoms with E-state index in [1.807, 2.05) is 0 Å². The summed E-state index contributed by atoms with van der Waals surface area (Å²) in [4.78, 5) is 25.8. The molecule has 0 spiro atoms. The summed E-state index contributed by atoms with van der Waals surface area (Å²) in [5, 5.41) is 5.76. The number of fused-ring (bicyclic) bond motifs is 6. The molecule has 0 bridgehead atoms. The van der Waals surface area contributed by atoms with Gasteiger partial charge in [0.2, 0.25) is 0 Å². The summed E-state index contributed by atoms with van der Waals surface area (Å²) in [6.07, 6.45) is 11.8. The molecular weight excluding hydrogens is 707 g/mol. The van der Waals surface area contributed by atoms with Crippen LogP contribution < -0.4 is 0 Å². The highest BCUT2D eigenvalue weighted by Gasteiger charge is 2.27. The van der Waals surface area contributed by atoms with Crippen molar-refractivity contribution in [3.8, 4) is 56.5 Å². The van der Waals surface area contributed by atoms with E-state index in [1.165, 1.54) is 22.0 Å². The van der Waals surface area contributed by atoms with Gasteiger partial charge in [0.05, 0.1) is 16.9 Å². The Bertz CT molecular complexity index is 3060. The monoisotopic (exact) mass is 743 g/mol. The largest absolute Gasteiger partial charge is 0.252 e. The molecule has 0 amide bonds. The SMILES string of the molecule is C1=C\CCC2Cc3c(-c4cccc(-c5ccc(-c6nc(-c7ccc8ccccc8c7)nc(-c7ccc8ccccc8c7)n6)cc5)c4)nc4ccccc4c3N=C2\C=C/1. The molecule has 7 aromatic carbocycles. The fourth-order valence-corrected chi connectivity index (χ4v) is 8.49. The smallest absolute Gasteiger partial charge is 0.164 e. The van der Waals surface area contributed by atoms with Crippen LogP contribution in [0.2, 0.25) is 0 Å². The Morgan fingerprint density at radius 1 is 0.448 bits per heavy atom. The van der Waals surface area contributed by atoms with Crippen LogP contribution in [0.1, 0.15) is 18.4 Å². The van der Waals surface area contributed by atoms with Gasteiger partial charge in [-0.2, -0.15) is 0 Å². The molecule has 274 valence electrons. The topological polar surface area (TPSA) is 63.9 Å². The Morgan fingerprint density at radius 3 is 1.78 bits per heavy atom. The standard InChI is InChI=1S/C53H37N5/c1-2-4-20-47-41(16-3-1)33-46-49(55-48-21-10-9-19-45(48)50(46)54-47)42-18-11-17-40(30-42)36-22-26-37(27-23-36)51-56-52(43-28-24-34-12-5-7-14-38(34)31-43)58-53(57-51)44-29-25-35-13-6-8-15-39(35)32-44/h1-2,4-15,17-32,41H,3,16,33H2/b2-1-,20-4-. The molecular formula is C53H37N5. The van der Waals surface area contributed by atoms with E-state index < -0.39 is 0 Å². The molecule has 0 saturated heterocycles. The minimum atomic E-state index is 0.366. The summed E-state index contributed by atoms with van der Waals surface area (Å²) in [6.45, 7) is 0.